The molecule has 4 aromatic rings. The number of hydrogen-bond donors (Lipinski definition) is 0. The molecular weight excluding hydrogens is 284 g/mol. The molecule has 0 bridgehead atoms. The van der Waals surface area contributed by atoms with Gasteiger partial charge in [-0.25, -0.2) is 0 Å². The Morgan fingerprint density at radius 2 is 1.48 bits per heavy atom. The SMILES string of the molecule is O=c1c(-n2cccc2)cn(Cc2ccccc2)c2ccccc12. The molecule has 0 unspecified atom stereocenters. The molecule has 0 atom stereocenters. The first-order chi connectivity index (χ1) is 11.3. The van der Waals surface area contributed by atoms with Gasteiger partial charge < -0.3 is 9.13 Å². The Balaban J connectivity index is 1.96. The third kappa shape index (κ3) is 2.46. The minimum atomic E-state index is 0.0566. The number of rotatable bonds is 3. The number of aromatic nitrogens is 2. The normalized spacial score (nSPS) is 11.0. The fourth-order valence-electron chi connectivity index (χ4n) is 2.92. The maximum absolute atomic E-state index is 12.8. The van der Waals surface area contributed by atoms with Crippen molar-refractivity contribution in [2.75, 3.05) is 0 Å². The van der Waals surface area contributed by atoms with Crippen molar-refractivity contribution in [3.8, 4) is 5.69 Å². The van der Waals surface area contributed by atoms with E-state index in [1.54, 1.807) is 0 Å². The molecule has 2 aromatic heterocycles. The van der Waals surface area contributed by atoms with Crippen LogP contribution in [0, 0.1) is 0 Å². The molecule has 2 heterocycles. The number of para-hydroxylation sites is 1. The summed E-state index contributed by atoms with van der Waals surface area (Å²) in [6.45, 7) is 0.732. The van der Waals surface area contributed by atoms with Crippen molar-refractivity contribution >= 4 is 10.9 Å². The second-order valence-electron chi connectivity index (χ2n) is 5.56. The second-order valence-corrected chi connectivity index (χ2v) is 5.56. The predicted molar refractivity (Wildman–Crippen MR) is 93.1 cm³/mol. The Bertz CT molecular complexity index is 999. The van der Waals surface area contributed by atoms with Gasteiger partial charge in [0.2, 0.25) is 5.43 Å². The molecule has 0 aliphatic heterocycles. The summed E-state index contributed by atoms with van der Waals surface area (Å²) in [4.78, 5) is 12.8. The van der Waals surface area contributed by atoms with Crippen LogP contribution in [0.1, 0.15) is 5.56 Å². The zero-order chi connectivity index (χ0) is 15.6. The third-order valence-electron chi connectivity index (χ3n) is 4.05. The Morgan fingerprint density at radius 3 is 2.26 bits per heavy atom. The van der Waals surface area contributed by atoms with Crippen molar-refractivity contribution < 1.29 is 0 Å². The Labute approximate surface area is 134 Å². The summed E-state index contributed by atoms with van der Waals surface area (Å²) in [5, 5.41) is 0.745. The van der Waals surface area contributed by atoms with E-state index in [1.807, 2.05) is 77.8 Å². The fourth-order valence-corrected chi connectivity index (χ4v) is 2.92. The fraction of sp³-hybridized carbons (Fsp3) is 0.0500. The van der Waals surface area contributed by atoms with Crippen LogP contribution in [0.15, 0.2) is 90.1 Å². The van der Waals surface area contributed by atoms with Crippen LogP contribution in [0.2, 0.25) is 0 Å². The van der Waals surface area contributed by atoms with Gasteiger partial charge in [0, 0.05) is 30.5 Å². The van der Waals surface area contributed by atoms with E-state index in [2.05, 4.69) is 16.7 Å². The van der Waals surface area contributed by atoms with Gasteiger partial charge in [-0.15, -0.1) is 0 Å². The van der Waals surface area contributed by atoms with Gasteiger partial charge in [0.05, 0.1) is 5.52 Å². The molecule has 0 radical (unpaired) electrons. The highest BCUT2D eigenvalue weighted by Crippen LogP contribution is 2.16. The summed E-state index contributed by atoms with van der Waals surface area (Å²) in [5.74, 6) is 0. The average molecular weight is 300 g/mol. The van der Waals surface area contributed by atoms with Crippen LogP contribution < -0.4 is 5.43 Å². The molecule has 0 aliphatic carbocycles. The van der Waals surface area contributed by atoms with Gasteiger partial charge in [-0.2, -0.15) is 0 Å². The van der Waals surface area contributed by atoms with Crippen LogP contribution >= 0.6 is 0 Å². The Hall–Kier alpha value is -3.07. The molecule has 3 heteroatoms. The second kappa shape index (κ2) is 5.61. The van der Waals surface area contributed by atoms with Gasteiger partial charge in [-0.05, 0) is 29.8 Å². The first-order valence-corrected chi connectivity index (χ1v) is 7.62. The molecule has 112 valence electrons. The first-order valence-electron chi connectivity index (χ1n) is 7.62. The zero-order valence-corrected chi connectivity index (χ0v) is 12.6. The molecule has 23 heavy (non-hydrogen) atoms. The van der Waals surface area contributed by atoms with E-state index in [1.165, 1.54) is 5.56 Å². The molecule has 0 saturated heterocycles. The van der Waals surface area contributed by atoms with Crippen molar-refractivity contribution in [2.24, 2.45) is 0 Å². The number of nitrogens with zero attached hydrogens (tertiary/aromatic N) is 2. The number of fused-ring (bicyclic) bond motifs is 1. The highest BCUT2D eigenvalue weighted by Gasteiger charge is 2.10. The zero-order valence-electron chi connectivity index (χ0n) is 12.6. The van der Waals surface area contributed by atoms with Gasteiger partial charge in [-0.3, -0.25) is 4.79 Å². The molecule has 2 aromatic carbocycles. The van der Waals surface area contributed by atoms with Gasteiger partial charge in [0.15, 0.2) is 0 Å². The molecular formula is C20H16N2O. The van der Waals surface area contributed by atoms with Crippen LogP contribution in [0.5, 0.6) is 0 Å². The first kappa shape index (κ1) is 13.6. The van der Waals surface area contributed by atoms with Crippen LogP contribution in [0.4, 0.5) is 0 Å². The molecule has 0 N–H and O–H groups in total. The lowest BCUT2D eigenvalue weighted by atomic mass is 10.1. The highest BCUT2D eigenvalue weighted by molar-refractivity contribution is 5.80. The van der Waals surface area contributed by atoms with Gasteiger partial charge >= 0.3 is 0 Å². The van der Waals surface area contributed by atoms with Gasteiger partial charge in [0.1, 0.15) is 5.69 Å². The van der Waals surface area contributed by atoms with Crippen molar-refractivity contribution in [3.05, 3.63) is 101 Å². The van der Waals surface area contributed by atoms with E-state index >= 15 is 0 Å². The molecule has 0 saturated carbocycles. The summed E-state index contributed by atoms with van der Waals surface area (Å²) in [6.07, 6.45) is 5.74. The van der Waals surface area contributed by atoms with E-state index < -0.39 is 0 Å². The van der Waals surface area contributed by atoms with Crippen LogP contribution in [0.25, 0.3) is 16.6 Å². The lowest BCUT2D eigenvalue weighted by molar-refractivity contribution is 0.815. The maximum Gasteiger partial charge on any atom is 0.213 e. The number of hydrogen-bond acceptors (Lipinski definition) is 1. The lowest BCUT2D eigenvalue weighted by Gasteiger charge is -2.14. The van der Waals surface area contributed by atoms with E-state index in [9.17, 15) is 4.79 Å². The van der Waals surface area contributed by atoms with Crippen molar-refractivity contribution in [1.29, 1.82) is 0 Å². The summed E-state index contributed by atoms with van der Waals surface area (Å²) in [5.41, 5.74) is 2.89. The Morgan fingerprint density at radius 1 is 0.783 bits per heavy atom. The number of pyridine rings is 1. The predicted octanol–water partition coefficient (Wildman–Crippen LogP) is 3.84. The van der Waals surface area contributed by atoms with Crippen LogP contribution in [0.3, 0.4) is 0 Å². The van der Waals surface area contributed by atoms with Crippen molar-refractivity contribution in [3.63, 3.8) is 0 Å². The smallest absolute Gasteiger partial charge is 0.213 e. The van der Waals surface area contributed by atoms with E-state index in [-0.39, 0.29) is 5.43 Å². The molecule has 4 rings (SSSR count). The average Bonchev–Trinajstić information content (AvgIpc) is 3.13. The molecule has 0 aliphatic rings. The monoisotopic (exact) mass is 300 g/mol. The summed E-state index contributed by atoms with van der Waals surface area (Å²) < 4.78 is 4.01. The molecule has 3 nitrogen and oxygen atoms in total. The van der Waals surface area contributed by atoms with Crippen molar-refractivity contribution in [1.82, 2.24) is 9.13 Å². The minimum absolute atomic E-state index is 0.0566. The van der Waals surface area contributed by atoms with E-state index in [4.69, 9.17) is 0 Å². The topological polar surface area (TPSA) is 26.9 Å². The van der Waals surface area contributed by atoms with Gasteiger partial charge in [0.25, 0.3) is 0 Å². The minimum Gasteiger partial charge on any atom is -0.341 e. The van der Waals surface area contributed by atoms with E-state index in [0.717, 1.165) is 17.4 Å². The summed E-state index contributed by atoms with van der Waals surface area (Å²) in [6, 6.07) is 21.9. The molecule has 0 spiro atoms. The summed E-state index contributed by atoms with van der Waals surface area (Å²) >= 11 is 0. The molecule has 0 fully saturated rings. The Kier molecular flexibility index (Phi) is 3.31. The lowest BCUT2D eigenvalue weighted by Crippen LogP contribution is -2.16. The van der Waals surface area contributed by atoms with Gasteiger partial charge in [-0.1, -0.05) is 42.5 Å². The quantitative estimate of drug-likeness (QED) is 0.565. The largest absolute Gasteiger partial charge is 0.341 e. The highest BCUT2D eigenvalue weighted by atomic mass is 16.1. The molecule has 0 amide bonds. The van der Waals surface area contributed by atoms with E-state index in [0.29, 0.717) is 5.69 Å². The third-order valence-corrected chi connectivity index (χ3v) is 4.05. The van der Waals surface area contributed by atoms with Crippen LogP contribution in [-0.4, -0.2) is 9.13 Å². The maximum atomic E-state index is 12.8. The number of benzene rings is 2. The summed E-state index contributed by atoms with van der Waals surface area (Å²) in [7, 11) is 0. The van der Waals surface area contributed by atoms with Crippen LogP contribution in [-0.2, 0) is 6.54 Å². The standard InChI is InChI=1S/C20H16N2O/c23-20-17-10-4-5-11-18(17)22(14-16-8-2-1-3-9-16)15-19(20)21-12-6-7-13-21/h1-13,15H,14H2. The van der Waals surface area contributed by atoms with Crippen molar-refractivity contribution in [2.45, 2.75) is 6.54 Å².